The number of carbonyl (C=O) groups excluding carboxylic acids is 1. The second kappa shape index (κ2) is 6.55. The van der Waals surface area contributed by atoms with Gasteiger partial charge in [-0.15, -0.1) is 0 Å². The van der Waals surface area contributed by atoms with Crippen LogP contribution in [0.1, 0.15) is 19.8 Å². The number of nitrogens with zero attached hydrogens (tertiary/aromatic N) is 1. The fraction of sp³-hybridized carbons (Fsp3) is 0.818. The molecule has 0 aliphatic carbocycles. The minimum absolute atomic E-state index is 0.00301. The number of aliphatic hydroxyl groups excluding tert-OH is 1. The van der Waals surface area contributed by atoms with Crippen LogP contribution >= 0.6 is 0 Å². The first-order valence-electron chi connectivity index (χ1n) is 6.05. The zero-order valence-electron chi connectivity index (χ0n) is 10.5. The third kappa shape index (κ3) is 3.33. The molecule has 1 saturated heterocycles. The Morgan fingerprint density at radius 3 is 2.67 bits per heavy atom. The summed E-state index contributed by atoms with van der Waals surface area (Å²) in [6.45, 7) is 2.98. The number of carbonyl (C=O) groups is 2. The van der Waals surface area contributed by atoms with Gasteiger partial charge in [-0.1, -0.05) is 0 Å². The number of hydrogen-bond donors (Lipinski definition) is 3. The van der Waals surface area contributed by atoms with Gasteiger partial charge in [-0.2, -0.15) is 0 Å². The Labute approximate surface area is 106 Å². The van der Waals surface area contributed by atoms with Gasteiger partial charge >= 0.3 is 12.0 Å². The van der Waals surface area contributed by atoms with E-state index in [9.17, 15) is 14.7 Å². The molecule has 1 fully saturated rings. The monoisotopic (exact) mass is 260 g/mol. The van der Waals surface area contributed by atoms with Gasteiger partial charge in [0.1, 0.15) is 0 Å². The number of ether oxygens (including phenoxy) is 1. The van der Waals surface area contributed by atoms with Gasteiger partial charge in [0.25, 0.3) is 0 Å². The van der Waals surface area contributed by atoms with E-state index in [4.69, 9.17) is 9.84 Å². The Bertz CT molecular complexity index is 302. The van der Waals surface area contributed by atoms with Gasteiger partial charge in [0, 0.05) is 32.7 Å². The molecule has 0 aromatic heterocycles. The molecule has 0 bridgehead atoms. The third-order valence-electron chi connectivity index (χ3n) is 3.03. The molecule has 0 spiro atoms. The summed E-state index contributed by atoms with van der Waals surface area (Å²) in [7, 11) is 0. The zero-order valence-corrected chi connectivity index (χ0v) is 10.5. The van der Waals surface area contributed by atoms with Gasteiger partial charge in [0.2, 0.25) is 0 Å². The van der Waals surface area contributed by atoms with Crippen molar-refractivity contribution < 1.29 is 24.5 Å². The molecule has 7 heteroatoms. The van der Waals surface area contributed by atoms with Gasteiger partial charge in [-0.3, -0.25) is 0 Å². The first-order chi connectivity index (χ1) is 8.55. The second-order valence-corrected chi connectivity index (χ2v) is 4.28. The van der Waals surface area contributed by atoms with Crippen molar-refractivity contribution in [1.82, 2.24) is 10.2 Å². The second-order valence-electron chi connectivity index (χ2n) is 4.28. The smallest absolute Gasteiger partial charge is 0.332 e. The highest BCUT2D eigenvalue weighted by Crippen LogP contribution is 2.19. The summed E-state index contributed by atoms with van der Waals surface area (Å²) in [5.41, 5.74) is -1.32. The highest BCUT2D eigenvalue weighted by atomic mass is 16.5. The summed E-state index contributed by atoms with van der Waals surface area (Å²) in [5.74, 6) is -1.08. The summed E-state index contributed by atoms with van der Waals surface area (Å²) in [6, 6.07) is -0.432. The Balaban J connectivity index is 2.62. The third-order valence-corrected chi connectivity index (χ3v) is 3.03. The quantitative estimate of drug-likeness (QED) is 0.606. The Morgan fingerprint density at radius 2 is 2.22 bits per heavy atom. The summed E-state index contributed by atoms with van der Waals surface area (Å²) >= 11 is 0. The SMILES string of the molecule is CCN(CCCO)C(=O)NC1(C(=O)O)CCOC1. The highest BCUT2D eigenvalue weighted by molar-refractivity contribution is 5.86. The average Bonchev–Trinajstić information content (AvgIpc) is 2.80. The summed E-state index contributed by atoms with van der Waals surface area (Å²) in [5, 5.41) is 20.5. The molecular formula is C11H20N2O5. The number of urea groups is 1. The standard InChI is InChI=1S/C11H20N2O5/c1-2-13(5-3-6-14)10(17)12-11(9(15)16)4-7-18-8-11/h14H,2-8H2,1H3,(H,12,17)(H,15,16). The van der Waals surface area contributed by atoms with Gasteiger partial charge in [-0.25, -0.2) is 9.59 Å². The van der Waals surface area contributed by atoms with E-state index in [1.807, 2.05) is 0 Å². The number of rotatable bonds is 6. The molecule has 1 heterocycles. The molecule has 0 aromatic rings. The van der Waals surface area contributed by atoms with E-state index < -0.39 is 17.5 Å². The van der Waals surface area contributed by atoms with Crippen molar-refractivity contribution in [3.05, 3.63) is 0 Å². The maximum absolute atomic E-state index is 12.0. The first kappa shape index (κ1) is 14.7. The molecule has 1 aliphatic rings. The lowest BCUT2D eigenvalue weighted by Crippen LogP contribution is -2.58. The minimum atomic E-state index is -1.32. The van der Waals surface area contributed by atoms with E-state index >= 15 is 0 Å². The number of aliphatic carboxylic acids is 1. The number of carboxylic acid groups (broad SMARTS) is 1. The number of hydrogen-bond acceptors (Lipinski definition) is 4. The molecule has 1 rings (SSSR count). The molecular weight excluding hydrogens is 240 g/mol. The lowest BCUT2D eigenvalue weighted by Gasteiger charge is -2.28. The van der Waals surface area contributed by atoms with Crippen molar-refractivity contribution in [2.75, 3.05) is 32.9 Å². The molecule has 0 saturated carbocycles. The van der Waals surface area contributed by atoms with Crippen LogP contribution in [-0.2, 0) is 9.53 Å². The van der Waals surface area contributed by atoms with Gasteiger partial charge in [-0.05, 0) is 13.3 Å². The fourth-order valence-electron chi connectivity index (χ4n) is 1.83. The van der Waals surface area contributed by atoms with E-state index in [1.165, 1.54) is 4.90 Å². The van der Waals surface area contributed by atoms with E-state index in [-0.39, 0.29) is 19.6 Å². The van der Waals surface area contributed by atoms with Crippen LogP contribution < -0.4 is 5.32 Å². The minimum Gasteiger partial charge on any atom is -0.479 e. The number of carboxylic acids is 1. The van der Waals surface area contributed by atoms with E-state index in [0.29, 0.717) is 26.1 Å². The van der Waals surface area contributed by atoms with Gasteiger partial charge in [0.05, 0.1) is 6.61 Å². The molecule has 3 N–H and O–H groups in total. The van der Waals surface area contributed by atoms with Crippen LogP contribution in [0.2, 0.25) is 0 Å². The lowest BCUT2D eigenvalue weighted by molar-refractivity contribution is -0.144. The molecule has 0 radical (unpaired) electrons. The van der Waals surface area contributed by atoms with Crippen LogP contribution in [0.25, 0.3) is 0 Å². The number of amides is 2. The maximum atomic E-state index is 12.0. The topological polar surface area (TPSA) is 99.1 Å². The van der Waals surface area contributed by atoms with Crippen LogP contribution in [0.4, 0.5) is 4.79 Å². The van der Waals surface area contributed by atoms with E-state index in [2.05, 4.69) is 5.32 Å². The molecule has 2 amide bonds. The van der Waals surface area contributed by atoms with Crippen LogP contribution in [-0.4, -0.2) is 65.6 Å². The lowest BCUT2D eigenvalue weighted by atomic mass is 9.99. The maximum Gasteiger partial charge on any atom is 0.332 e. The van der Waals surface area contributed by atoms with Crippen LogP contribution in [0.5, 0.6) is 0 Å². The fourth-order valence-corrected chi connectivity index (χ4v) is 1.83. The molecule has 1 unspecified atom stereocenters. The highest BCUT2D eigenvalue weighted by Gasteiger charge is 2.44. The van der Waals surface area contributed by atoms with Crippen LogP contribution in [0.15, 0.2) is 0 Å². The molecule has 1 atom stereocenters. The predicted molar refractivity (Wildman–Crippen MR) is 63.3 cm³/mol. The summed E-state index contributed by atoms with van der Waals surface area (Å²) in [6.07, 6.45) is 0.740. The Hall–Kier alpha value is -1.34. The Kier molecular flexibility index (Phi) is 5.36. The van der Waals surface area contributed by atoms with E-state index in [1.54, 1.807) is 6.92 Å². The number of aliphatic hydroxyl groups is 1. The average molecular weight is 260 g/mol. The van der Waals surface area contributed by atoms with Crippen molar-refractivity contribution in [3.8, 4) is 0 Å². The van der Waals surface area contributed by atoms with Gasteiger partial charge in [0.15, 0.2) is 5.54 Å². The Morgan fingerprint density at radius 1 is 1.50 bits per heavy atom. The molecule has 18 heavy (non-hydrogen) atoms. The van der Waals surface area contributed by atoms with Crippen molar-refractivity contribution in [3.63, 3.8) is 0 Å². The first-order valence-corrected chi connectivity index (χ1v) is 6.05. The van der Waals surface area contributed by atoms with E-state index in [0.717, 1.165) is 0 Å². The van der Waals surface area contributed by atoms with Crippen LogP contribution in [0.3, 0.4) is 0 Å². The predicted octanol–water partition coefficient (Wildman–Crippen LogP) is -0.356. The van der Waals surface area contributed by atoms with Crippen molar-refractivity contribution in [1.29, 1.82) is 0 Å². The van der Waals surface area contributed by atoms with Crippen LogP contribution in [0, 0.1) is 0 Å². The summed E-state index contributed by atoms with van der Waals surface area (Å²) < 4.78 is 5.06. The normalized spacial score (nSPS) is 22.8. The number of nitrogens with one attached hydrogen (secondary N) is 1. The molecule has 1 aliphatic heterocycles. The van der Waals surface area contributed by atoms with Gasteiger partial charge < -0.3 is 25.2 Å². The summed E-state index contributed by atoms with van der Waals surface area (Å²) in [4.78, 5) is 24.7. The largest absolute Gasteiger partial charge is 0.479 e. The molecule has 104 valence electrons. The van der Waals surface area contributed by atoms with Crippen molar-refractivity contribution >= 4 is 12.0 Å². The zero-order chi connectivity index (χ0) is 13.6. The van der Waals surface area contributed by atoms with Crippen molar-refractivity contribution in [2.45, 2.75) is 25.3 Å². The molecule has 7 nitrogen and oxygen atoms in total. The van der Waals surface area contributed by atoms with Crippen molar-refractivity contribution in [2.24, 2.45) is 0 Å². The molecule has 0 aromatic carbocycles.